The number of rotatable bonds is 7. The second kappa shape index (κ2) is 8.81. The van der Waals surface area contributed by atoms with E-state index in [1.165, 1.54) is 18.3 Å². The van der Waals surface area contributed by atoms with E-state index >= 15 is 0 Å². The number of halogens is 2. The fourth-order valence-corrected chi connectivity index (χ4v) is 2.75. The number of carbonyl (C=O) groups excluding carboxylic acids is 2. The Morgan fingerprint density at radius 2 is 1.87 bits per heavy atom. The summed E-state index contributed by atoms with van der Waals surface area (Å²) in [7, 11) is 0. The molecule has 1 aromatic heterocycles. The Balaban J connectivity index is 2.76. The third-order valence-electron chi connectivity index (χ3n) is 2.92. The van der Waals surface area contributed by atoms with Crippen LogP contribution in [0.2, 0.25) is 0 Å². The van der Waals surface area contributed by atoms with Gasteiger partial charge in [-0.25, -0.2) is 9.78 Å². The van der Waals surface area contributed by atoms with Crippen molar-refractivity contribution >= 4 is 23.6 Å². The van der Waals surface area contributed by atoms with Crippen molar-refractivity contribution < 1.29 is 23.1 Å². The van der Waals surface area contributed by atoms with Crippen LogP contribution in [0, 0.1) is 0 Å². The maximum atomic E-state index is 12.5. The molecular formula is C15H20F2N2O3S. The van der Waals surface area contributed by atoms with Crippen molar-refractivity contribution in [1.82, 2.24) is 9.88 Å². The predicted molar refractivity (Wildman–Crippen MR) is 83.5 cm³/mol. The van der Waals surface area contributed by atoms with Gasteiger partial charge in [0.15, 0.2) is 6.61 Å². The van der Waals surface area contributed by atoms with Gasteiger partial charge in [0.2, 0.25) is 0 Å². The van der Waals surface area contributed by atoms with Gasteiger partial charge in [0.25, 0.3) is 11.7 Å². The van der Waals surface area contributed by atoms with E-state index in [1.54, 1.807) is 4.90 Å². The summed E-state index contributed by atoms with van der Waals surface area (Å²) in [5.41, 5.74) is -0.0776. The molecule has 0 aromatic carbocycles. The van der Waals surface area contributed by atoms with E-state index in [0.29, 0.717) is 0 Å². The number of thioether (sulfide) groups is 1. The van der Waals surface area contributed by atoms with Gasteiger partial charge in [0.05, 0.1) is 5.56 Å². The molecule has 1 heterocycles. The van der Waals surface area contributed by atoms with Crippen LogP contribution in [0.5, 0.6) is 0 Å². The molecule has 0 spiro atoms. The van der Waals surface area contributed by atoms with E-state index in [-0.39, 0.29) is 40.3 Å². The van der Waals surface area contributed by atoms with Gasteiger partial charge in [-0.15, -0.1) is 0 Å². The molecule has 128 valence electrons. The van der Waals surface area contributed by atoms with E-state index in [4.69, 9.17) is 4.74 Å². The van der Waals surface area contributed by atoms with Crippen molar-refractivity contribution in [3.8, 4) is 0 Å². The van der Waals surface area contributed by atoms with Crippen LogP contribution < -0.4 is 0 Å². The van der Waals surface area contributed by atoms with Crippen LogP contribution >= 0.6 is 11.8 Å². The number of carbonyl (C=O) groups is 2. The lowest BCUT2D eigenvalue weighted by Gasteiger charge is -2.30. The zero-order valence-corrected chi connectivity index (χ0v) is 14.3. The number of alkyl halides is 2. The zero-order valence-electron chi connectivity index (χ0n) is 13.5. The maximum Gasteiger partial charge on any atom is 0.341 e. The Kier molecular flexibility index (Phi) is 7.41. The first-order valence-corrected chi connectivity index (χ1v) is 8.00. The second-order valence-electron chi connectivity index (χ2n) is 5.30. The highest BCUT2D eigenvalue weighted by molar-refractivity contribution is 7.99. The molecule has 23 heavy (non-hydrogen) atoms. The standard InChI is InChI=1S/C15H20F2N2O3S/c1-9(2)19(10(3)4)12(20)8-22-14(21)11-6-5-7-18-13(11)23-15(16)17/h5-7,9-10,15H,8H2,1-4H3. The molecule has 0 aliphatic rings. The molecular weight excluding hydrogens is 326 g/mol. The van der Waals surface area contributed by atoms with Crippen LogP contribution in [0.1, 0.15) is 38.1 Å². The van der Waals surface area contributed by atoms with Crippen LogP contribution in [0.25, 0.3) is 0 Å². The molecule has 0 saturated carbocycles. The summed E-state index contributed by atoms with van der Waals surface area (Å²) in [6, 6.07) is 2.71. The molecule has 0 unspecified atom stereocenters. The van der Waals surface area contributed by atoms with Crippen molar-refractivity contribution in [1.29, 1.82) is 0 Å². The summed E-state index contributed by atoms with van der Waals surface area (Å²) >= 11 is 0.163. The number of aromatic nitrogens is 1. The molecule has 0 fully saturated rings. The smallest absolute Gasteiger partial charge is 0.341 e. The van der Waals surface area contributed by atoms with Crippen molar-refractivity contribution in [2.24, 2.45) is 0 Å². The molecule has 0 radical (unpaired) electrons. The Bertz CT molecular complexity index is 545. The molecule has 0 aliphatic carbocycles. The number of hydrogen-bond donors (Lipinski definition) is 0. The number of hydrogen-bond acceptors (Lipinski definition) is 5. The first-order chi connectivity index (χ1) is 10.7. The summed E-state index contributed by atoms with van der Waals surface area (Å²) in [6.45, 7) is 7.00. The summed E-state index contributed by atoms with van der Waals surface area (Å²) in [6.07, 6.45) is 1.31. The fourth-order valence-electron chi connectivity index (χ4n) is 2.18. The highest BCUT2D eigenvalue weighted by Gasteiger charge is 2.23. The summed E-state index contributed by atoms with van der Waals surface area (Å²) in [5, 5.41) is -0.121. The summed E-state index contributed by atoms with van der Waals surface area (Å²) in [5.74, 6) is -3.88. The SMILES string of the molecule is CC(C)N(C(=O)COC(=O)c1cccnc1SC(F)F)C(C)C. The minimum atomic E-state index is -2.70. The van der Waals surface area contributed by atoms with Gasteiger partial charge in [-0.3, -0.25) is 4.79 Å². The number of ether oxygens (including phenoxy) is 1. The van der Waals surface area contributed by atoms with Crippen LogP contribution in [0.4, 0.5) is 8.78 Å². The first kappa shape index (κ1) is 19.3. The van der Waals surface area contributed by atoms with Crippen LogP contribution in [-0.4, -0.2) is 46.2 Å². The van der Waals surface area contributed by atoms with E-state index < -0.39 is 18.3 Å². The van der Waals surface area contributed by atoms with Crippen LogP contribution in [0.15, 0.2) is 23.4 Å². The van der Waals surface area contributed by atoms with Crippen molar-refractivity contribution in [2.75, 3.05) is 6.61 Å². The number of nitrogens with zero attached hydrogens (tertiary/aromatic N) is 2. The zero-order chi connectivity index (χ0) is 17.6. The predicted octanol–water partition coefficient (Wildman–Crippen LogP) is 3.20. The lowest BCUT2D eigenvalue weighted by Crippen LogP contribution is -2.44. The van der Waals surface area contributed by atoms with Crippen molar-refractivity contribution in [3.05, 3.63) is 23.9 Å². The Hall–Kier alpha value is -1.70. The molecule has 0 bridgehead atoms. The van der Waals surface area contributed by atoms with E-state index in [9.17, 15) is 18.4 Å². The Morgan fingerprint density at radius 3 is 2.39 bits per heavy atom. The number of esters is 1. The highest BCUT2D eigenvalue weighted by Crippen LogP contribution is 2.26. The van der Waals surface area contributed by atoms with Gasteiger partial charge in [0.1, 0.15) is 5.03 Å². The first-order valence-electron chi connectivity index (χ1n) is 7.12. The number of pyridine rings is 1. The quantitative estimate of drug-likeness (QED) is 0.560. The minimum Gasteiger partial charge on any atom is -0.452 e. The molecule has 0 saturated heterocycles. The lowest BCUT2D eigenvalue weighted by molar-refractivity contribution is -0.138. The molecule has 1 rings (SSSR count). The molecule has 1 amide bonds. The fraction of sp³-hybridized carbons (Fsp3) is 0.533. The monoisotopic (exact) mass is 346 g/mol. The van der Waals surface area contributed by atoms with Crippen LogP contribution in [-0.2, 0) is 9.53 Å². The summed E-state index contributed by atoms with van der Waals surface area (Å²) in [4.78, 5) is 29.5. The van der Waals surface area contributed by atoms with Gasteiger partial charge in [-0.2, -0.15) is 8.78 Å². The van der Waals surface area contributed by atoms with E-state index in [1.807, 2.05) is 27.7 Å². The average Bonchev–Trinajstić information content (AvgIpc) is 2.44. The van der Waals surface area contributed by atoms with E-state index in [2.05, 4.69) is 4.98 Å². The highest BCUT2D eigenvalue weighted by atomic mass is 32.2. The van der Waals surface area contributed by atoms with Crippen molar-refractivity contribution in [3.63, 3.8) is 0 Å². The van der Waals surface area contributed by atoms with Gasteiger partial charge >= 0.3 is 5.97 Å². The Morgan fingerprint density at radius 1 is 1.26 bits per heavy atom. The Labute approximate surface area is 138 Å². The van der Waals surface area contributed by atoms with Crippen molar-refractivity contribution in [2.45, 2.75) is 50.6 Å². The molecule has 1 aromatic rings. The molecule has 0 N–H and O–H groups in total. The second-order valence-corrected chi connectivity index (χ2v) is 6.28. The molecule has 5 nitrogen and oxygen atoms in total. The molecule has 0 atom stereocenters. The average molecular weight is 346 g/mol. The summed E-state index contributed by atoms with van der Waals surface area (Å²) < 4.78 is 29.9. The minimum absolute atomic E-state index is 0.0375. The van der Waals surface area contributed by atoms with Crippen LogP contribution in [0.3, 0.4) is 0 Å². The maximum absolute atomic E-state index is 12.5. The molecule has 0 aliphatic heterocycles. The van der Waals surface area contributed by atoms with Gasteiger partial charge < -0.3 is 9.64 Å². The third kappa shape index (κ3) is 5.78. The van der Waals surface area contributed by atoms with E-state index in [0.717, 1.165) is 0 Å². The lowest BCUT2D eigenvalue weighted by atomic mass is 10.2. The number of amides is 1. The third-order valence-corrected chi connectivity index (χ3v) is 3.65. The largest absolute Gasteiger partial charge is 0.452 e. The molecule has 8 heteroatoms. The topological polar surface area (TPSA) is 59.5 Å². The van der Waals surface area contributed by atoms with Gasteiger partial charge in [-0.05, 0) is 51.6 Å². The van der Waals surface area contributed by atoms with Gasteiger partial charge in [0, 0.05) is 18.3 Å². The van der Waals surface area contributed by atoms with Gasteiger partial charge in [-0.1, -0.05) is 0 Å². The normalized spacial score (nSPS) is 11.2.